The van der Waals surface area contributed by atoms with Gasteiger partial charge in [-0.05, 0) is 39.3 Å². The highest BCUT2D eigenvalue weighted by Gasteiger charge is 2.27. The van der Waals surface area contributed by atoms with Crippen LogP contribution in [0, 0.1) is 0 Å². The van der Waals surface area contributed by atoms with Crippen LogP contribution in [0.3, 0.4) is 0 Å². The minimum Gasteiger partial charge on any atom is -0.398 e. The molecule has 0 bridgehead atoms. The molecule has 1 aliphatic heterocycles. The number of nitrogens with one attached hydrogen (secondary N) is 1. The Morgan fingerprint density at radius 2 is 2.12 bits per heavy atom. The molecule has 2 amide bonds. The van der Waals surface area contributed by atoms with Gasteiger partial charge in [0.25, 0.3) is 0 Å². The van der Waals surface area contributed by atoms with E-state index in [1.165, 1.54) is 0 Å². The van der Waals surface area contributed by atoms with E-state index in [0.29, 0.717) is 6.54 Å². The fourth-order valence-corrected chi connectivity index (χ4v) is 2.06. The zero-order valence-electron chi connectivity index (χ0n) is 10.6. The molecule has 1 aliphatic rings. The summed E-state index contributed by atoms with van der Waals surface area (Å²) in [6.07, 6.45) is 0.833. The van der Waals surface area contributed by atoms with Crippen LogP contribution in [0.4, 0.5) is 16.2 Å². The Hall–Kier alpha value is -1.71. The Kier molecular flexibility index (Phi) is 2.73. The van der Waals surface area contributed by atoms with E-state index < -0.39 is 0 Å². The predicted molar refractivity (Wildman–Crippen MR) is 70.2 cm³/mol. The topological polar surface area (TPSA) is 58.4 Å². The number of nitrogen functional groups attached to an aromatic ring is 1. The molecule has 0 spiro atoms. The fourth-order valence-electron chi connectivity index (χ4n) is 2.06. The maximum Gasteiger partial charge on any atom is 0.322 e. The number of urea groups is 1. The second-order valence-electron chi connectivity index (χ2n) is 5.43. The third kappa shape index (κ3) is 2.35. The van der Waals surface area contributed by atoms with E-state index in [1.807, 2.05) is 39.0 Å². The molecule has 1 heterocycles. The molecular weight excluding hydrogens is 214 g/mol. The minimum absolute atomic E-state index is 0.0538. The summed E-state index contributed by atoms with van der Waals surface area (Å²) >= 11 is 0. The summed E-state index contributed by atoms with van der Waals surface area (Å²) in [5.74, 6) is 0. The second-order valence-corrected chi connectivity index (χ2v) is 5.43. The summed E-state index contributed by atoms with van der Waals surface area (Å²) in [5.41, 5.74) is 8.47. The number of anilines is 2. The minimum atomic E-state index is -0.222. The zero-order valence-corrected chi connectivity index (χ0v) is 10.6. The van der Waals surface area contributed by atoms with Crippen LogP contribution in [-0.2, 0) is 6.42 Å². The number of hydrogen-bond acceptors (Lipinski definition) is 2. The van der Waals surface area contributed by atoms with Gasteiger partial charge in [-0.15, -0.1) is 0 Å². The lowest BCUT2D eigenvalue weighted by atomic mass is 10.1. The quantitative estimate of drug-likeness (QED) is 0.674. The van der Waals surface area contributed by atoms with Gasteiger partial charge in [0.15, 0.2) is 0 Å². The lowest BCUT2D eigenvalue weighted by Crippen LogP contribution is -2.48. The van der Waals surface area contributed by atoms with Gasteiger partial charge in [0.1, 0.15) is 0 Å². The molecule has 0 radical (unpaired) electrons. The van der Waals surface area contributed by atoms with Crippen molar-refractivity contribution in [3.05, 3.63) is 23.8 Å². The van der Waals surface area contributed by atoms with Crippen molar-refractivity contribution < 1.29 is 4.79 Å². The molecule has 0 aliphatic carbocycles. The molecule has 0 saturated carbocycles. The van der Waals surface area contributed by atoms with Crippen molar-refractivity contribution in [1.82, 2.24) is 5.32 Å². The molecule has 0 aromatic heterocycles. The molecule has 17 heavy (non-hydrogen) atoms. The molecule has 0 unspecified atom stereocenters. The number of carbonyl (C=O) groups is 1. The summed E-state index contributed by atoms with van der Waals surface area (Å²) in [6, 6.07) is 5.66. The van der Waals surface area contributed by atoms with Crippen LogP contribution in [-0.4, -0.2) is 18.1 Å². The first-order valence-corrected chi connectivity index (χ1v) is 5.85. The summed E-state index contributed by atoms with van der Waals surface area (Å²) in [7, 11) is 0. The average Bonchev–Trinajstić information content (AvgIpc) is 2.60. The smallest absolute Gasteiger partial charge is 0.322 e. The van der Waals surface area contributed by atoms with Gasteiger partial charge in [-0.25, -0.2) is 4.79 Å². The van der Waals surface area contributed by atoms with Crippen LogP contribution < -0.4 is 16.0 Å². The predicted octanol–water partition coefficient (Wildman–Crippen LogP) is 2.14. The number of benzene rings is 1. The molecule has 92 valence electrons. The normalized spacial score (nSPS) is 14.6. The SMILES string of the molecule is CC(C)(C)NC(=O)N1CCc2c(N)cccc21. The van der Waals surface area contributed by atoms with Gasteiger partial charge in [-0.3, -0.25) is 4.90 Å². The van der Waals surface area contributed by atoms with Gasteiger partial charge in [0.2, 0.25) is 0 Å². The molecule has 0 atom stereocenters. The molecule has 0 saturated heterocycles. The summed E-state index contributed by atoms with van der Waals surface area (Å²) in [4.78, 5) is 13.9. The lowest BCUT2D eigenvalue weighted by molar-refractivity contribution is 0.238. The number of carbonyl (C=O) groups excluding carboxylic acids is 1. The van der Waals surface area contributed by atoms with Crippen LogP contribution in [0.2, 0.25) is 0 Å². The number of fused-ring (bicyclic) bond motifs is 1. The molecule has 1 aromatic rings. The first kappa shape index (κ1) is 11.8. The zero-order chi connectivity index (χ0) is 12.6. The molecule has 2 rings (SSSR count). The summed E-state index contributed by atoms with van der Waals surface area (Å²) in [5, 5.41) is 2.97. The highest BCUT2D eigenvalue weighted by Crippen LogP contribution is 2.32. The number of rotatable bonds is 0. The third-order valence-electron chi connectivity index (χ3n) is 2.79. The van der Waals surface area contributed by atoms with E-state index in [4.69, 9.17) is 5.73 Å². The van der Waals surface area contributed by atoms with Crippen LogP contribution in [0.15, 0.2) is 18.2 Å². The number of nitrogens with two attached hydrogens (primary N) is 1. The molecule has 4 nitrogen and oxygen atoms in total. The Bertz CT molecular complexity index is 448. The maximum atomic E-state index is 12.1. The summed E-state index contributed by atoms with van der Waals surface area (Å²) in [6.45, 7) is 6.62. The molecule has 3 N–H and O–H groups in total. The fraction of sp³-hybridized carbons (Fsp3) is 0.462. The molecule has 0 fully saturated rings. The number of amides is 2. The van der Waals surface area contributed by atoms with Gasteiger partial charge in [-0.1, -0.05) is 6.07 Å². The average molecular weight is 233 g/mol. The highest BCUT2D eigenvalue weighted by molar-refractivity contribution is 5.95. The van der Waals surface area contributed by atoms with Crippen molar-refractivity contribution >= 4 is 17.4 Å². The van der Waals surface area contributed by atoms with E-state index in [9.17, 15) is 4.79 Å². The van der Waals surface area contributed by atoms with Gasteiger partial charge in [0.05, 0.1) is 5.69 Å². The molecular formula is C13H19N3O. The van der Waals surface area contributed by atoms with Crippen LogP contribution >= 0.6 is 0 Å². The van der Waals surface area contributed by atoms with Crippen LogP contribution in [0.25, 0.3) is 0 Å². The standard InChI is InChI=1S/C13H19N3O/c1-13(2,3)15-12(17)16-8-7-9-10(14)5-4-6-11(9)16/h4-6H,7-8,14H2,1-3H3,(H,15,17). The van der Waals surface area contributed by atoms with Crippen molar-refractivity contribution in [2.75, 3.05) is 17.2 Å². The Labute approximate surface area is 102 Å². The first-order chi connectivity index (χ1) is 7.88. The number of nitrogens with zero attached hydrogens (tertiary/aromatic N) is 1. The van der Waals surface area contributed by atoms with E-state index in [2.05, 4.69) is 5.32 Å². The van der Waals surface area contributed by atoms with E-state index in [-0.39, 0.29) is 11.6 Å². The summed E-state index contributed by atoms with van der Waals surface area (Å²) < 4.78 is 0. The van der Waals surface area contributed by atoms with Gasteiger partial charge < -0.3 is 11.1 Å². The van der Waals surface area contributed by atoms with Gasteiger partial charge in [-0.2, -0.15) is 0 Å². The van der Waals surface area contributed by atoms with E-state index >= 15 is 0 Å². The van der Waals surface area contributed by atoms with Crippen molar-refractivity contribution in [2.24, 2.45) is 0 Å². The maximum absolute atomic E-state index is 12.1. The van der Waals surface area contributed by atoms with Crippen molar-refractivity contribution in [2.45, 2.75) is 32.7 Å². The van der Waals surface area contributed by atoms with Crippen molar-refractivity contribution in [3.8, 4) is 0 Å². The Balaban J connectivity index is 2.23. The van der Waals surface area contributed by atoms with E-state index in [0.717, 1.165) is 23.4 Å². The Morgan fingerprint density at radius 1 is 1.41 bits per heavy atom. The van der Waals surface area contributed by atoms with Crippen LogP contribution in [0.5, 0.6) is 0 Å². The van der Waals surface area contributed by atoms with E-state index in [1.54, 1.807) is 4.90 Å². The first-order valence-electron chi connectivity index (χ1n) is 5.85. The van der Waals surface area contributed by atoms with Crippen molar-refractivity contribution in [1.29, 1.82) is 0 Å². The Morgan fingerprint density at radius 3 is 2.76 bits per heavy atom. The monoisotopic (exact) mass is 233 g/mol. The third-order valence-corrected chi connectivity index (χ3v) is 2.79. The van der Waals surface area contributed by atoms with Crippen molar-refractivity contribution in [3.63, 3.8) is 0 Å². The van der Waals surface area contributed by atoms with Gasteiger partial charge in [0, 0.05) is 23.3 Å². The molecule has 1 aromatic carbocycles. The highest BCUT2D eigenvalue weighted by atomic mass is 16.2. The largest absolute Gasteiger partial charge is 0.398 e. The number of hydrogen-bond donors (Lipinski definition) is 2. The second kappa shape index (κ2) is 3.95. The molecule has 4 heteroatoms. The lowest BCUT2D eigenvalue weighted by Gasteiger charge is -2.26. The van der Waals surface area contributed by atoms with Gasteiger partial charge >= 0.3 is 6.03 Å². The van der Waals surface area contributed by atoms with Crippen LogP contribution in [0.1, 0.15) is 26.3 Å².